The fourth-order valence-electron chi connectivity index (χ4n) is 1.94. The van der Waals surface area contributed by atoms with Crippen molar-refractivity contribution in [3.63, 3.8) is 0 Å². The molecule has 1 aliphatic rings. The predicted molar refractivity (Wildman–Crippen MR) is 60.0 cm³/mol. The zero-order valence-electron chi connectivity index (χ0n) is 9.78. The Morgan fingerprint density at radius 1 is 1.33 bits per heavy atom. The number of aliphatic carboxylic acids is 1. The topological polar surface area (TPSA) is 43.8 Å². The summed E-state index contributed by atoms with van der Waals surface area (Å²) in [7, 11) is 0. The molecule has 4 nitrogen and oxygen atoms in total. The summed E-state index contributed by atoms with van der Waals surface area (Å²) in [5, 5.41) is 8.59. The SMILES string of the molecule is CCC(C)N1CCN(CCC(=O)O)CC1. The standard InChI is InChI=1S/C11H22N2O2/c1-3-10(2)13-8-6-12(7-9-13)5-4-11(14)15/h10H,3-9H2,1-2H3,(H,14,15). The third kappa shape index (κ3) is 4.18. The van der Waals surface area contributed by atoms with Crippen molar-refractivity contribution in [1.29, 1.82) is 0 Å². The van der Waals surface area contributed by atoms with Gasteiger partial charge in [0.05, 0.1) is 6.42 Å². The second-order valence-corrected chi connectivity index (χ2v) is 4.28. The van der Waals surface area contributed by atoms with Gasteiger partial charge < -0.3 is 10.0 Å². The highest BCUT2D eigenvalue weighted by molar-refractivity contribution is 5.66. The first-order valence-electron chi connectivity index (χ1n) is 5.81. The first-order chi connectivity index (χ1) is 7.13. The number of hydrogen-bond donors (Lipinski definition) is 1. The van der Waals surface area contributed by atoms with E-state index in [0.717, 1.165) is 26.2 Å². The van der Waals surface area contributed by atoms with Crippen LogP contribution in [0.25, 0.3) is 0 Å². The Labute approximate surface area is 91.9 Å². The molecule has 1 N–H and O–H groups in total. The van der Waals surface area contributed by atoms with E-state index in [0.29, 0.717) is 12.6 Å². The summed E-state index contributed by atoms with van der Waals surface area (Å²) in [6.07, 6.45) is 1.46. The molecule has 88 valence electrons. The summed E-state index contributed by atoms with van der Waals surface area (Å²) < 4.78 is 0. The van der Waals surface area contributed by atoms with Gasteiger partial charge in [-0.25, -0.2) is 0 Å². The lowest BCUT2D eigenvalue weighted by molar-refractivity contribution is -0.137. The zero-order chi connectivity index (χ0) is 11.3. The highest BCUT2D eigenvalue weighted by Gasteiger charge is 2.19. The molecular weight excluding hydrogens is 192 g/mol. The minimum Gasteiger partial charge on any atom is -0.481 e. The van der Waals surface area contributed by atoms with Crippen LogP contribution >= 0.6 is 0 Å². The van der Waals surface area contributed by atoms with Gasteiger partial charge in [0, 0.05) is 38.8 Å². The Bertz CT molecular complexity index is 201. The average Bonchev–Trinajstić information content (AvgIpc) is 2.26. The minimum atomic E-state index is -0.695. The molecule has 1 aliphatic heterocycles. The van der Waals surface area contributed by atoms with E-state index >= 15 is 0 Å². The Morgan fingerprint density at radius 3 is 2.40 bits per heavy atom. The molecule has 1 heterocycles. The van der Waals surface area contributed by atoms with Crippen molar-refractivity contribution < 1.29 is 9.90 Å². The van der Waals surface area contributed by atoms with Crippen LogP contribution in [0.1, 0.15) is 26.7 Å². The molecule has 0 aromatic heterocycles. The molecule has 0 aromatic rings. The lowest BCUT2D eigenvalue weighted by Crippen LogP contribution is -2.49. The summed E-state index contributed by atoms with van der Waals surface area (Å²) >= 11 is 0. The van der Waals surface area contributed by atoms with E-state index in [4.69, 9.17) is 5.11 Å². The Hall–Kier alpha value is -0.610. The van der Waals surface area contributed by atoms with Crippen molar-refractivity contribution in [3.05, 3.63) is 0 Å². The second kappa shape index (κ2) is 6.08. The third-order valence-electron chi connectivity index (χ3n) is 3.26. The molecule has 0 spiro atoms. The summed E-state index contributed by atoms with van der Waals surface area (Å²) in [6.45, 7) is 9.34. The van der Waals surface area contributed by atoms with E-state index < -0.39 is 5.97 Å². The number of carbonyl (C=O) groups is 1. The molecule has 1 saturated heterocycles. The first kappa shape index (κ1) is 12.5. The van der Waals surface area contributed by atoms with E-state index in [9.17, 15) is 4.79 Å². The van der Waals surface area contributed by atoms with Gasteiger partial charge in [0.25, 0.3) is 0 Å². The molecule has 1 rings (SSSR count). The summed E-state index contributed by atoms with van der Waals surface area (Å²) in [4.78, 5) is 15.2. The second-order valence-electron chi connectivity index (χ2n) is 4.28. The van der Waals surface area contributed by atoms with Gasteiger partial charge in [-0.05, 0) is 13.3 Å². The predicted octanol–water partition coefficient (Wildman–Crippen LogP) is 0.877. The molecule has 0 aliphatic carbocycles. The summed E-state index contributed by atoms with van der Waals surface area (Å²) in [5.74, 6) is -0.695. The molecule has 0 radical (unpaired) electrons. The highest BCUT2D eigenvalue weighted by Crippen LogP contribution is 2.08. The Balaban J connectivity index is 2.20. The van der Waals surface area contributed by atoms with E-state index in [1.54, 1.807) is 0 Å². The molecular formula is C11H22N2O2. The zero-order valence-corrected chi connectivity index (χ0v) is 9.78. The van der Waals surface area contributed by atoms with Crippen LogP contribution in [0.3, 0.4) is 0 Å². The van der Waals surface area contributed by atoms with Crippen molar-refractivity contribution >= 4 is 5.97 Å². The van der Waals surface area contributed by atoms with Crippen LogP contribution in [0.4, 0.5) is 0 Å². The number of hydrogen-bond acceptors (Lipinski definition) is 3. The van der Waals surface area contributed by atoms with E-state index in [1.165, 1.54) is 6.42 Å². The van der Waals surface area contributed by atoms with Crippen molar-refractivity contribution in [2.75, 3.05) is 32.7 Å². The van der Waals surface area contributed by atoms with Gasteiger partial charge in [-0.1, -0.05) is 6.92 Å². The summed E-state index contributed by atoms with van der Waals surface area (Å²) in [6, 6.07) is 0.659. The molecule has 0 saturated carbocycles. The number of piperazine rings is 1. The van der Waals surface area contributed by atoms with E-state index in [1.807, 2.05) is 0 Å². The van der Waals surface area contributed by atoms with Gasteiger partial charge in [-0.2, -0.15) is 0 Å². The van der Waals surface area contributed by atoms with Crippen molar-refractivity contribution in [2.24, 2.45) is 0 Å². The quantitative estimate of drug-likeness (QED) is 0.738. The lowest BCUT2D eigenvalue weighted by Gasteiger charge is -2.37. The van der Waals surface area contributed by atoms with Gasteiger partial charge in [0.2, 0.25) is 0 Å². The maximum absolute atomic E-state index is 10.4. The molecule has 1 fully saturated rings. The number of carboxylic acids is 1. The van der Waals surface area contributed by atoms with E-state index in [-0.39, 0.29) is 6.42 Å². The number of rotatable bonds is 5. The number of carboxylic acid groups (broad SMARTS) is 1. The molecule has 0 aromatic carbocycles. The van der Waals surface area contributed by atoms with Gasteiger partial charge in [0.15, 0.2) is 0 Å². The van der Waals surface area contributed by atoms with Gasteiger partial charge in [-0.15, -0.1) is 0 Å². The lowest BCUT2D eigenvalue weighted by atomic mass is 10.2. The van der Waals surface area contributed by atoms with Crippen molar-refractivity contribution in [2.45, 2.75) is 32.7 Å². The highest BCUT2D eigenvalue weighted by atomic mass is 16.4. The third-order valence-corrected chi connectivity index (χ3v) is 3.26. The van der Waals surface area contributed by atoms with Crippen molar-refractivity contribution in [1.82, 2.24) is 9.80 Å². The minimum absolute atomic E-state index is 0.267. The summed E-state index contributed by atoms with van der Waals surface area (Å²) in [5.41, 5.74) is 0. The molecule has 4 heteroatoms. The van der Waals surface area contributed by atoms with Crippen LogP contribution in [0, 0.1) is 0 Å². The Kier molecular flexibility index (Phi) is 5.05. The van der Waals surface area contributed by atoms with Crippen LogP contribution in [0.2, 0.25) is 0 Å². The fraction of sp³-hybridized carbons (Fsp3) is 0.909. The van der Waals surface area contributed by atoms with Crippen LogP contribution in [-0.2, 0) is 4.79 Å². The number of nitrogens with zero attached hydrogens (tertiary/aromatic N) is 2. The monoisotopic (exact) mass is 214 g/mol. The van der Waals surface area contributed by atoms with Crippen LogP contribution in [0.15, 0.2) is 0 Å². The Morgan fingerprint density at radius 2 is 1.93 bits per heavy atom. The maximum Gasteiger partial charge on any atom is 0.304 e. The maximum atomic E-state index is 10.4. The normalized spacial score (nSPS) is 21.5. The van der Waals surface area contributed by atoms with Crippen LogP contribution < -0.4 is 0 Å². The van der Waals surface area contributed by atoms with Crippen LogP contribution in [-0.4, -0.2) is 59.6 Å². The van der Waals surface area contributed by atoms with Gasteiger partial charge in [0.1, 0.15) is 0 Å². The van der Waals surface area contributed by atoms with Crippen LogP contribution in [0.5, 0.6) is 0 Å². The molecule has 1 atom stereocenters. The fourth-order valence-corrected chi connectivity index (χ4v) is 1.94. The molecule has 1 unspecified atom stereocenters. The average molecular weight is 214 g/mol. The van der Waals surface area contributed by atoms with E-state index in [2.05, 4.69) is 23.6 Å². The molecule has 15 heavy (non-hydrogen) atoms. The largest absolute Gasteiger partial charge is 0.481 e. The smallest absolute Gasteiger partial charge is 0.304 e. The van der Waals surface area contributed by atoms with Gasteiger partial charge >= 0.3 is 5.97 Å². The first-order valence-corrected chi connectivity index (χ1v) is 5.81. The molecule has 0 amide bonds. The van der Waals surface area contributed by atoms with Crippen molar-refractivity contribution in [3.8, 4) is 0 Å². The van der Waals surface area contributed by atoms with Gasteiger partial charge in [-0.3, -0.25) is 9.69 Å². The molecule has 0 bridgehead atoms.